The molecule has 1 spiro atoms. The van der Waals surface area contributed by atoms with Crippen LogP contribution in [-0.4, -0.2) is 19.6 Å². The molecule has 2 heterocycles. The van der Waals surface area contributed by atoms with Crippen molar-refractivity contribution in [2.75, 3.05) is 29.9 Å². The van der Waals surface area contributed by atoms with Crippen molar-refractivity contribution in [3.05, 3.63) is 23.8 Å². The van der Waals surface area contributed by atoms with E-state index in [9.17, 15) is 0 Å². The molecule has 0 unspecified atom stereocenters. The van der Waals surface area contributed by atoms with Gasteiger partial charge in [-0.1, -0.05) is 6.07 Å². The Kier molecular flexibility index (Phi) is 1.63. The standard InChI is InChI=1S/C14H18N2/c1-2-11-3-4-12(8-13(11)15-7-1)16-9-14(10-16)5-6-14/h3-4,8,15H,1-2,5-7,9-10H2. The van der Waals surface area contributed by atoms with Crippen molar-refractivity contribution in [3.8, 4) is 0 Å². The predicted octanol–water partition coefficient (Wildman–Crippen LogP) is 2.64. The van der Waals surface area contributed by atoms with Gasteiger partial charge in [-0.3, -0.25) is 0 Å². The average molecular weight is 214 g/mol. The summed E-state index contributed by atoms with van der Waals surface area (Å²) in [5.41, 5.74) is 5.05. The van der Waals surface area contributed by atoms with Gasteiger partial charge in [0.1, 0.15) is 0 Å². The highest BCUT2D eigenvalue weighted by Crippen LogP contribution is 2.54. The molecule has 0 amide bonds. The van der Waals surface area contributed by atoms with Crippen molar-refractivity contribution in [2.24, 2.45) is 5.41 Å². The van der Waals surface area contributed by atoms with E-state index >= 15 is 0 Å². The molecule has 1 N–H and O–H groups in total. The zero-order chi connectivity index (χ0) is 10.6. The highest BCUT2D eigenvalue weighted by Gasteiger charge is 2.52. The maximum Gasteiger partial charge on any atom is 0.0393 e. The van der Waals surface area contributed by atoms with E-state index in [0.717, 1.165) is 12.0 Å². The van der Waals surface area contributed by atoms with Crippen molar-refractivity contribution in [3.63, 3.8) is 0 Å². The third-order valence-electron chi connectivity index (χ3n) is 4.41. The van der Waals surface area contributed by atoms with Crippen molar-refractivity contribution < 1.29 is 0 Å². The molecule has 0 atom stereocenters. The van der Waals surface area contributed by atoms with E-state index in [1.165, 1.54) is 55.7 Å². The Morgan fingerprint density at radius 3 is 2.88 bits per heavy atom. The lowest BCUT2D eigenvalue weighted by atomic mass is 9.95. The highest BCUT2D eigenvalue weighted by atomic mass is 15.2. The first-order valence-electron chi connectivity index (χ1n) is 6.47. The van der Waals surface area contributed by atoms with Gasteiger partial charge in [-0.05, 0) is 43.4 Å². The normalized spacial score (nSPS) is 24.6. The summed E-state index contributed by atoms with van der Waals surface area (Å²) in [5, 5.41) is 3.52. The van der Waals surface area contributed by atoms with E-state index in [2.05, 4.69) is 28.4 Å². The van der Waals surface area contributed by atoms with Crippen LogP contribution < -0.4 is 10.2 Å². The Balaban J connectivity index is 1.59. The van der Waals surface area contributed by atoms with Crippen LogP contribution in [0.25, 0.3) is 0 Å². The van der Waals surface area contributed by atoms with Crippen LogP contribution in [0.5, 0.6) is 0 Å². The first-order valence-corrected chi connectivity index (χ1v) is 6.47. The quantitative estimate of drug-likeness (QED) is 0.773. The third-order valence-corrected chi connectivity index (χ3v) is 4.41. The minimum atomic E-state index is 0.753. The van der Waals surface area contributed by atoms with E-state index in [1.54, 1.807) is 0 Å². The van der Waals surface area contributed by atoms with Gasteiger partial charge in [0.05, 0.1) is 0 Å². The summed E-state index contributed by atoms with van der Waals surface area (Å²) in [6, 6.07) is 6.97. The molecule has 2 heteroatoms. The van der Waals surface area contributed by atoms with Gasteiger partial charge in [0.2, 0.25) is 0 Å². The van der Waals surface area contributed by atoms with Crippen LogP contribution in [0.2, 0.25) is 0 Å². The second kappa shape index (κ2) is 2.93. The maximum absolute atomic E-state index is 3.52. The fourth-order valence-electron chi connectivity index (χ4n) is 3.08. The molecule has 1 saturated heterocycles. The van der Waals surface area contributed by atoms with Crippen LogP contribution >= 0.6 is 0 Å². The molecule has 0 aromatic heterocycles. The number of hydrogen-bond donors (Lipinski definition) is 1. The minimum Gasteiger partial charge on any atom is -0.385 e. The molecule has 1 saturated carbocycles. The Hall–Kier alpha value is -1.18. The number of aryl methyl sites for hydroxylation is 1. The fraction of sp³-hybridized carbons (Fsp3) is 0.571. The van der Waals surface area contributed by atoms with E-state index in [1.807, 2.05) is 0 Å². The number of benzene rings is 1. The number of nitrogens with one attached hydrogen (secondary N) is 1. The minimum absolute atomic E-state index is 0.753. The number of hydrogen-bond acceptors (Lipinski definition) is 2. The van der Waals surface area contributed by atoms with Crippen molar-refractivity contribution in [1.82, 2.24) is 0 Å². The molecule has 2 fully saturated rings. The molecule has 84 valence electrons. The molecule has 3 aliphatic rings. The van der Waals surface area contributed by atoms with Gasteiger partial charge < -0.3 is 10.2 Å². The largest absolute Gasteiger partial charge is 0.385 e. The van der Waals surface area contributed by atoms with Crippen LogP contribution in [-0.2, 0) is 6.42 Å². The molecule has 0 bridgehead atoms. The summed E-state index contributed by atoms with van der Waals surface area (Å²) >= 11 is 0. The maximum atomic E-state index is 3.52. The van der Waals surface area contributed by atoms with Gasteiger partial charge in [0.15, 0.2) is 0 Å². The highest BCUT2D eigenvalue weighted by molar-refractivity contribution is 5.64. The molecule has 2 aliphatic heterocycles. The lowest BCUT2D eigenvalue weighted by Gasteiger charge is -2.42. The third kappa shape index (κ3) is 1.25. The zero-order valence-corrected chi connectivity index (χ0v) is 9.63. The van der Waals surface area contributed by atoms with Gasteiger partial charge in [-0.15, -0.1) is 0 Å². The topological polar surface area (TPSA) is 15.3 Å². The van der Waals surface area contributed by atoms with E-state index in [4.69, 9.17) is 0 Å². The second-order valence-electron chi connectivity index (χ2n) is 5.73. The number of nitrogens with zero attached hydrogens (tertiary/aromatic N) is 1. The smallest absolute Gasteiger partial charge is 0.0393 e. The second-order valence-corrected chi connectivity index (χ2v) is 5.73. The summed E-state index contributed by atoms with van der Waals surface area (Å²) in [4.78, 5) is 2.53. The molecule has 1 aliphatic carbocycles. The lowest BCUT2D eigenvalue weighted by Crippen LogP contribution is -2.48. The van der Waals surface area contributed by atoms with Crippen molar-refractivity contribution in [2.45, 2.75) is 25.7 Å². The van der Waals surface area contributed by atoms with Crippen molar-refractivity contribution in [1.29, 1.82) is 0 Å². The molecule has 0 radical (unpaired) electrons. The van der Waals surface area contributed by atoms with E-state index < -0.39 is 0 Å². The average Bonchev–Trinajstić information content (AvgIpc) is 3.07. The molecule has 2 nitrogen and oxygen atoms in total. The summed E-state index contributed by atoms with van der Waals surface area (Å²) in [7, 11) is 0. The SMILES string of the molecule is c1cc2c(cc1N1CC3(CC3)C1)NCCC2. The van der Waals surface area contributed by atoms with E-state index in [0.29, 0.717) is 0 Å². The Morgan fingerprint density at radius 2 is 2.06 bits per heavy atom. The summed E-state index contributed by atoms with van der Waals surface area (Å²) < 4.78 is 0. The molecule has 4 rings (SSSR count). The van der Waals surface area contributed by atoms with Gasteiger partial charge in [-0.25, -0.2) is 0 Å². The molecular weight excluding hydrogens is 196 g/mol. The predicted molar refractivity (Wildman–Crippen MR) is 67.1 cm³/mol. The zero-order valence-electron chi connectivity index (χ0n) is 9.63. The Labute approximate surface area is 96.6 Å². The first kappa shape index (κ1) is 8.91. The van der Waals surface area contributed by atoms with Crippen LogP contribution in [0.4, 0.5) is 11.4 Å². The van der Waals surface area contributed by atoms with Crippen molar-refractivity contribution >= 4 is 11.4 Å². The lowest BCUT2D eigenvalue weighted by molar-refractivity contribution is 0.387. The molecule has 1 aromatic rings. The molecular formula is C14H18N2. The van der Waals surface area contributed by atoms with Crippen LogP contribution in [0.3, 0.4) is 0 Å². The Bertz CT molecular complexity index is 426. The Morgan fingerprint density at radius 1 is 1.19 bits per heavy atom. The number of fused-ring (bicyclic) bond motifs is 1. The van der Waals surface area contributed by atoms with E-state index in [-0.39, 0.29) is 0 Å². The van der Waals surface area contributed by atoms with Gasteiger partial charge in [0.25, 0.3) is 0 Å². The summed E-state index contributed by atoms with van der Waals surface area (Å²) in [5.74, 6) is 0. The molecule has 1 aromatic carbocycles. The number of anilines is 2. The van der Waals surface area contributed by atoms with Crippen LogP contribution in [0.1, 0.15) is 24.8 Å². The summed E-state index contributed by atoms with van der Waals surface area (Å²) in [6.07, 6.45) is 5.45. The first-order chi connectivity index (χ1) is 7.85. The van der Waals surface area contributed by atoms with Crippen LogP contribution in [0.15, 0.2) is 18.2 Å². The monoisotopic (exact) mass is 214 g/mol. The van der Waals surface area contributed by atoms with Gasteiger partial charge in [-0.2, -0.15) is 0 Å². The summed E-state index contributed by atoms with van der Waals surface area (Å²) in [6.45, 7) is 3.73. The molecule has 16 heavy (non-hydrogen) atoms. The number of rotatable bonds is 1. The fourth-order valence-corrected chi connectivity index (χ4v) is 3.08. The van der Waals surface area contributed by atoms with Crippen LogP contribution in [0, 0.1) is 5.41 Å². The van der Waals surface area contributed by atoms with Gasteiger partial charge in [0, 0.05) is 36.4 Å². The van der Waals surface area contributed by atoms with Gasteiger partial charge >= 0.3 is 0 Å².